The van der Waals surface area contributed by atoms with E-state index in [0.717, 1.165) is 18.4 Å². The zero-order valence-electron chi connectivity index (χ0n) is 16.6. The van der Waals surface area contributed by atoms with Gasteiger partial charge in [0.15, 0.2) is 0 Å². The number of nitrogens with zero attached hydrogens (tertiary/aromatic N) is 1. The van der Waals surface area contributed by atoms with Crippen LogP contribution in [0.15, 0.2) is 59.5 Å². The highest BCUT2D eigenvalue weighted by Crippen LogP contribution is 2.24. The number of amides is 1. The van der Waals surface area contributed by atoms with Crippen LogP contribution in [0.2, 0.25) is 0 Å². The highest BCUT2D eigenvalue weighted by atomic mass is 32.2. The Morgan fingerprint density at radius 1 is 1.03 bits per heavy atom. The molecule has 2 aromatic rings. The molecule has 0 saturated heterocycles. The van der Waals surface area contributed by atoms with Crippen LogP contribution in [-0.4, -0.2) is 38.1 Å². The van der Waals surface area contributed by atoms with E-state index in [1.54, 1.807) is 42.5 Å². The maximum Gasteiger partial charge on any atom is 0.264 e. The SMILES string of the molecule is Cc1ccc(N(CCC(=O)NC2CCC(O)CC2)S(=O)(=O)c2ccccc2)cc1. The highest BCUT2D eigenvalue weighted by Gasteiger charge is 2.26. The summed E-state index contributed by atoms with van der Waals surface area (Å²) in [6, 6.07) is 15.5. The lowest BCUT2D eigenvalue weighted by molar-refractivity contribution is -0.121. The summed E-state index contributed by atoms with van der Waals surface area (Å²) in [7, 11) is -3.78. The average molecular weight is 417 g/mol. The summed E-state index contributed by atoms with van der Waals surface area (Å²) in [6.45, 7) is 2.00. The van der Waals surface area contributed by atoms with Gasteiger partial charge in [-0.2, -0.15) is 0 Å². The third-order valence-corrected chi connectivity index (χ3v) is 7.10. The number of anilines is 1. The number of carbonyl (C=O) groups is 1. The maximum absolute atomic E-state index is 13.2. The average Bonchev–Trinajstić information content (AvgIpc) is 2.72. The summed E-state index contributed by atoms with van der Waals surface area (Å²) < 4.78 is 27.7. The molecule has 1 amide bonds. The van der Waals surface area contributed by atoms with Gasteiger partial charge in [0.25, 0.3) is 10.0 Å². The summed E-state index contributed by atoms with van der Waals surface area (Å²) in [5.74, 6) is -0.174. The lowest BCUT2D eigenvalue weighted by Gasteiger charge is -2.27. The van der Waals surface area contributed by atoms with Crippen molar-refractivity contribution in [1.29, 1.82) is 0 Å². The van der Waals surface area contributed by atoms with Gasteiger partial charge in [0.05, 0.1) is 16.7 Å². The fraction of sp³-hybridized carbons (Fsp3) is 0.409. The largest absolute Gasteiger partial charge is 0.393 e. The van der Waals surface area contributed by atoms with Gasteiger partial charge in [-0.1, -0.05) is 35.9 Å². The Kier molecular flexibility index (Phi) is 6.92. The lowest BCUT2D eigenvalue weighted by Crippen LogP contribution is -2.41. The summed E-state index contributed by atoms with van der Waals surface area (Å²) in [4.78, 5) is 12.6. The minimum Gasteiger partial charge on any atom is -0.393 e. The predicted octanol–water partition coefficient (Wildman–Crippen LogP) is 3.00. The number of hydrogen-bond donors (Lipinski definition) is 2. The Labute approximate surface area is 172 Å². The number of sulfonamides is 1. The predicted molar refractivity (Wildman–Crippen MR) is 113 cm³/mol. The van der Waals surface area contributed by atoms with Gasteiger partial charge in [-0.3, -0.25) is 9.10 Å². The van der Waals surface area contributed by atoms with Crippen LogP contribution >= 0.6 is 0 Å². The van der Waals surface area contributed by atoms with Gasteiger partial charge in [0, 0.05) is 19.0 Å². The summed E-state index contributed by atoms with van der Waals surface area (Å²) in [6.07, 6.45) is 2.65. The molecule has 1 aliphatic rings. The Balaban J connectivity index is 1.74. The van der Waals surface area contributed by atoms with E-state index in [2.05, 4.69) is 5.32 Å². The van der Waals surface area contributed by atoms with Gasteiger partial charge >= 0.3 is 0 Å². The van der Waals surface area contributed by atoms with Gasteiger partial charge in [-0.05, 0) is 56.9 Å². The second kappa shape index (κ2) is 9.41. The van der Waals surface area contributed by atoms with E-state index in [4.69, 9.17) is 0 Å². The van der Waals surface area contributed by atoms with Crippen LogP contribution in [-0.2, 0) is 14.8 Å². The Hall–Kier alpha value is -2.38. The molecular formula is C22H28N2O4S. The van der Waals surface area contributed by atoms with Crippen LogP contribution in [0, 0.1) is 6.92 Å². The van der Waals surface area contributed by atoms with Crippen molar-refractivity contribution >= 4 is 21.6 Å². The molecular weight excluding hydrogens is 388 g/mol. The molecule has 7 heteroatoms. The molecule has 6 nitrogen and oxygen atoms in total. The van der Waals surface area contributed by atoms with Gasteiger partial charge in [0.2, 0.25) is 5.91 Å². The fourth-order valence-electron chi connectivity index (χ4n) is 3.54. The molecule has 0 spiro atoms. The highest BCUT2D eigenvalue weighted by molar-refractivity contribution is 7.92. The first-order valence-electron chi connectivity index (χ1n) is 9.98. The molecule has 0 aliphatic heterocycles. The van der Waals surface area contributed by atoms with E-state index in [1.807, 2.05) is 19.1 Å². The standard InChI is InChI=1S/C22H28N2O4S/c1-17-7-11-19(12-8-17)24(29(27,28)21-5-3-2-4-6-21)16-15-22(26)23-18-9-13-20(25)14-10-18/h2-8,11-12,18,20,25H,9-10,13-16H2,1H3,(H,23,26). The summed E-state index contributed by atoms with van der Waals surface area (Å²) >= 11 is 0. The van der Waals surface area contributed by atoms with E-state index < -0.39 is 10.0 Å². The quantitative estimate of drug-likeness (QED) is 0.726. The van der Waals surface area contributed by atoms with Crippen LogP contribution in [0.3, 0.4) is 0 Å². The molecule has 1 saturated carbocycles. The van der Waals surface area contributed by atoms with Gasteiger partial charge in [-0.25, -0.2) is 8.42 Å². The summed E-state index contributed by atoms with van der Waals surface area (Å²) in [5, 5.41) is 12.6. The van der Waals surface area contributed by atoms with E-state index >= 15 is 0 Å². The second-order valence-electron chi connectivity index (χ2n) is 7.55. The topological polar surface area (TPSA) is 86.7 Å². The molecule has 0 unspecified atom stereocenters. The minimum atomic E-state index is -3.78. The normalized spacial score (nSPS) is 19.5. The molecule has 156 valence electrons. The number of aliphatic hydroxyl groups is 1. The van der Waals surface area contributed by atoms with Crippen LogP contribution in [0.5, 0.6) is 0 Å². The number of hydrogen-bond acceptors (Lipinski definition) is 4. The van der Waals surface area contributed by atoms with Crippen LogP contribution in [0.1, 0.15) is 37.7 Å². The molecule has 2 aromatic carbocycles. The van der Waals surface area contributed by atoms with Crippen LogP contribution in [0.25, 0.3) is 0 Å². The van der Waals surface area contributed by atoms with Crippen molar-refractivity contribution in [1.82, 2.24) is 5.32 Å². The molecule has 0 atom stereocenters. The van der Waals surface area contributed by atoms with Gasteiger partial charge < -0.3 is 10.4 Å². The van der Waals surface area contributed by atoms with Gasteiger partial charge in [0.1, 0.15) is 0 Å². The first-order valence-corrected chi connectivity index (χ1v) is 11.4. The van der Waals surface area contributed by atoms with E-state index in [-0.39, 0.29) is 35.9 Å². The molecule has 1 aliphatic carbocycles. The van der Waals surface area contributed by atoms with Crippen molar-refractivity contribution < 1.29 is 18.3 Å². The molecule has 1 fully saturated rings. The maximum atomic E-state index is 13.2. The Bertz CT molecular complexity index is 906. The molecule has 0 heterocycles. The van der Waals surface area contributed by atoms with Crippen molar-refractivity contribution in [2.24, 2.45) is 0 Å². The third kappa shape index (κ3) is 5.58. The molecule has 29 heavy (non-hydrogen) atoms. The van der Waals surface area contributed by atoms with Gasteiger partial charge in [-0.15, -0.1) is 0 Å². The molecule has 3 rings (SSSR count). The van der Waals surface area contributed by atoms with Crippen molar-refractivity contribution in [2.45, 2.75) is 56.1 Å². The zero-order chi connectivity index (χ0) is 20.9. The minimum absolute atomic E-state index is 0.0458. The second-order valence-corrected chi connectivity index (χ2v) is 9.41. The van der Waals surface area contributed by atoms with Crippen molar-refractivity contribution in [3.63, 3.8) is 0 Å². The fourth-order valence-corrected chi connectivity index (χ4v) is 5.03. The smallest absolute Gasteiger partial charge is 0.264 e. The summed E-state index contributed by atoms with van der Waals surface area (Å²) in [5.41, 5.74) is 1.57. The number of carbonyl (C=O) groups excluding carboxylic acids is 1. The number of nitrogens with one attached hydrogen (secondary N) is 1. The van der Waals surface area contributed by atoms with Crippen LogP contribution in [0.4, 0.5) is 5.69 Å². The van der Waals surface area contributed by atoms with E-state index in [9.17, 15) is 18.3 Å². The third-order valence-electron chi connectivity index (χ3n) is 5.26. The lowest BCUT2D eigenvalue weighted by atomic mass is 9.93. The van der Waals surface area contributed by atoms with E-state index in [0.29, 0.717) is 18.5 Å². The van der Waals surface area contributed by atoms with Crippen molar-refractivity contribution in [2.75, 3.05) is 10.8 Å². The molecule has 0 bridgehead atoms. The van der Waals surface area contributed by atoms with Crippen molar-refractivity contribution in [3.8, 4) is 0 Å². The first-order chi connectivity index (χ1) is 13.9. The molecule has 2 N–H and O–H groups in total. The Morgan fingerprint density at radius 3 is 2.28 bits per heavy atom. The monoisotopic (exact) mass is 416 g/mol. The molecule has 0 aromatic heterocycles. The van der Waals surface area contributed by atoms with Crippen LogP contribution < -0.4 is 9.62 Å². The number of aliphatic hydroxyl groups excluding tert-OH is 1. The van der Waals surface area contributed by atoms with E-state index in [1.165, 1.54) is 4.31 Å². The number of aryl methyl sites for hydroxylation is 1. The zero-order valence-corrected chi connectivity index (χ0v) is 17.4. The molecule has 0 radical (unpaired) electrons. The van der Waals surface area contributed by atoms with Crippen molar-refractivity contribution in [3.05, 3.63) is 60.2 Å². The number of benzene rings is 2. The Morgan fingerprint density at radius 2 is 1.66 bits per heavy atom. The number of rotatable bonds is 7. The first kappa shape index (κ1) is 21.3.